The van der Waals surface area contributed by atoms with Crippen LogP contribution in [0.5, 0.6) is 0 Å². The van der Waals surface area contributed by atoms with E-state index >= 15 is 0 Å². The molecule has 5 saturated heterocycles. The van der Waals surface area contributed by atoms with Crippen molar-refractivity contribution >= 4 is 0 Å². The van der Waals surface area contributed by atoms with Gasteiger partial charge in [0.2, 0.25) is 5.79 Å². The molecular formula is C19H32N2O4. The number of nitrogens with one attached hydrogen (secondary N) is 1. The second-order valence-corrected chi connectivity index (χ2v) is 9.08. The van der Waals surface area contributed by atoms with Crippen LogP contribution in [0.3, 0.4) is 0 Å². The van der Waals surface area contributed by atoms with Crippen molar-refractivity contribution in [1.29, 1.82) is 0 Å². The molecule has 0 unspecified atom stereocenters. The number of hydrogen-bond donors (Lipinski definition) is 1. The third-order valence-corrected chi connectivity index (χ3v) is 7.63. The van der Waals surface area contributed by atoms with Gasteiger partial charge in [0.05, 0.1) is 0 Å². The molecule has 1 saturated carbocycles. The first-order chi connectivity index (χ1) is 12.0. The highest BCUT2D eigenvalue weighted by Gasteiger charge is 2.69. The standard InChI is InChI=1S/C19H32N2O4/c1-12-4-5-15-13(2)16(21-10-8-20-9-11-21)22-17-19(15)14(12)6-7-18(3,23-17)24-25-19/h12-17,20H,4-11H2,1-3H3/t12-,13-,14+,15+,16-,17-,18+,19-/m1/s1. The third-order valence-electron chi connectivity index (χ3n) is 7.63. The Kier molecular flexibility index (Phi) is 3.97. The van der Waals surface area contributed by atoms with Crippen molar-refractivity contribution in [3.8, 4) is 0 Å². The molecule has 25 heavy (non-hydrogen) atoms. The molecule has 2 bridgehead atoms. The Balaban J connectivity index is 1.52. The van der Waals surface area contributed by atoms with Crippen molar-refractivity contribution in [3.05, 3.63) is 0 Å². The Hall–Kier alpha value is -0.240. The first-order valence-electron chi connectivity index (χ1n) is 10.2. The largest absolute Gasteiger partial charge is 0.331 e. The Morgan fingerprint density at radius 3 is 2.60 bits per heavy atom. The summed E-state index contributed by atoms with van der Waals surface area (Å²) in [6.45, 7) is 10.8. The zero-order chi connectivity index (χ0) is 17.2. The Morgan fingerprint density at radius 2 is 1.80 bits per heavy atom. The molecule has 0 radical (unpaired) electrons. The summed E-state index contributed by atoms with van der Waals surface area (Å²) in [7, 11) is 0. The Bertz CT molecular complexity index is 528. The van der Waals surface area contributed by atoms with Crippen LogP contribution in [0.2, 0.25) is 0 Å². The summed E-state index contributed by atoms with van der Waals surface area (Å²) in [6, 6.07) is 0. The quantitative estimate of drug-likeness (QED) is 0.730. The molecule has 1 N–H and O–H groups in total. The normalized spacial score (nSPS) is 56.3. The summed E-state index contributed by atoms with van der Waals surface area (Å²) in [5.74, 6) is 1.24. The summed E-state index contributed by atoms with van der Waals surface area (Å²) >= 11 is 0. The van der Waals surface area contributed by atoms with Gasteiger partial charge in [0.15, 0.2) is 11.9 Å². The molecule has 0 aromatic rings. The molecule has 6 nitrogen and oxygen atoms in total. The number of hydrogen-bond acceptors (Lipinski definition) is 6. The van der Waals surface area contributed by atoms with Crippen LogP contribution in [0.4, 0.5) is 0 Å². The van der Waals surface area contributed by atoms with E-state index in [4.69, 9.17) is 19.2 Å². The van der Waals surface area contributed by atoms with E-state index in [0.29, 0.717) is 23.7 Å². The van der Waals surface area contributed by atoms with Crippen LogP contribution in [-0.2, 0) is 19.2 Å². The summed E-state index contributed by atoms with van der Waals surface area (Å²) < 4.78 is 13.1. The number of rotatable bonds is 1. The van der Waals surface area contributed by atoms with E-state index in [-0.39, 0.29) is 12.5 Å². The Morgan fingerprint density at radius 1 is 1.00 bits per heavy atom. The number of fused-ring (bicyclic) bond motifs is 2. The molecule has 8 atom stereocenters. The monoisotopic (exact) mass is 352 g/mol. The van der Waals surface area contributed by atoms with Crippen molar-refractivity contribution in [2.75, 3.05) is 26.2 Å². The summed E-state index contributed by atoms with van der Waals surface area (Å²) in [5.41, 5.74) is -0.433. The molecule has 6 fully saturated rings. The van der Waals surface area contributed by atoms with E-state index in [1.807, 2.05) is 6.92 Å². The highest BCUT2D eigenvalue weighted by molar-refractivity contribution is 5.09. The topological polar surface area (TPSA) is 52.2 Å². The highest BCUT2D eigenvalue weighted by atomic mass is 17.3. The minimum atomic E-state index is -0.674. The molecule has 6 aliphatic rings. The zero-order valence-electron chi connectivity index (χ0n) is 15.7. The fraction of sp³-hybridized carbons (Fsp3) is 1.00. The molecule has 0 aromatic heterocycles. The second-order valence-electron chi connectivity index (χ2n) is 9.08. The minimum Gasteiger partial charge on any atom is -0.331 e. The number of piperazine rings is 1. The predicted molar refractivity (Wildman–Crippen MR) is 91.3 cm³/mol. The van der Waals surface area contributed by atoms with Crippen molar-refractivity contribution in [2.24, 2.45) is 23.7 Å². The minimum absolute atomic E-state index is 0.114. The van der Waals surface area contributed by atoms with Crippen LogP contribution in [-0.4, -0.2) is 55.0 Å². The number of nitrogens with zero attached hydrogens (tertiary/aromatic N) is 1. The van der Waals surface area contributed by atoms with Gasteiger partial charge in [0.25, 0.3) is 0 Å². The van der Waals surface area contributed by atoms with E-state index in [1.165, 1.54) is 12.8 Å². The molecular weight excluding hydrogens is 320 g/mol. The lowest BCUT2D eigenvalue weighted by atomic mass is 9.58. The van der Waals surface area contributed by atoms with Gasteiger partial charge in [-0.3, -0.25) is 4.90 Å². The van der Waals surface area contributed by atoms with E-state index in [1.54, 1.807) is 0 Å². The van der Waals surface area contributed by atoms with E-state index in [9.17, 15) is 0 Å². The van der Waals surface area contributed by atoms with Crippen LogP contribution < -0.4 is 5.32 Å². The number of ether oxygens (including phenoxy) is 2. The molecule has 1 spiro atoms. The maximum Gasteiger partial charge on any atom is 0.201 e. The van der Waals surface area contributed by atoms with E-state index < -0.39 is 11.4 Å². The highest BCUT2D eigenvalue weighted by Crippen LogP contribution is 2.60. The van der Waals surface area contributed by atoms with Crippen molar-refractivity contribution in [3.63, 3.8) is 0 Å². The average molecular weight is 352 g/mol. The van der Waals surface area contributed by atoms with Gasteiger partial charge in [-0.15, -0.1) is 0 Å². The van der Waals surface area contributed by atoms with Gasteiger partial charge in [-0.25, -0.2) is 9.78 Å². The first-order valence-corrected chi connectivity index (χ1v) is 10.2. The summed E-state index contributed by atoms with van der Waals surface area (Å²) in [6.07, 6.45) is 4.21. The van der Waals surface area contributed by atoms with Gasteiger partial charge >= 0.3 is 0 Å². The van der Waals surface area contributed by atoms with Gasteiger partial charge in [-0.05, 0) is 38.0 Å². The van der Waals surface area contributed by atoms with Crippen molar-refractivity contribution in [2.45, 2.75) is 70.4 Å². The molecule has 0 aromatic carbocycles. The zero-order valence-corrected chi connectivity index (χ0v) is 15.7. The van der Waals surface area contributed by atoms with Crippen LogP contribution in [0.15, 0.2) is 0 Å². The SMILES string of the molecule is C[C@H]1[C@H](N2CCNCC2)O[C@@H]2O[C@]3(C)CC[C@H]4[C@H](C)CC[C@@H]1[C@@]24OO3. The first kappa shape index (κ1) is 16.9. The lowest BCUT2D eigenvalue weighted by molar-refractivity contribution is -0.574. The molecule has 0 amide bonds. The fourth-order valence-corrected chi connectivity index (χ4v) is 6.24. The third kappa shape index (κ3) is 2.38. The Labute approximate surface area is 150 Å². The maximum atomic E-state index is 6.67. The van der Waals surface area contributed by atoms with Gasteiger partial charge in [-0.2, -0.15) is 0 Å². The van der Waals surface area contributed by atoms with Gasteiger partial charge in [0, 0.05) is 44.4 Å². The second kappa shape index (κ2) is 5.88. The average Bonchev–Trinajstić information content (AvgIpc) is 2.85. The lowest BCUT2D eigenvalue weighted by Gasteiger charge is -2.61. The van der Waals surface area contributed by atoms with Crippen LogP contribution in [0, 0.1) is 23.7 Å². The van der Waals surface area contributed by atoms with Crippen LogP contribution in [0.1, 0.15) is 46.5 Å². The summed E-state index contributed by atoms with van der Waals surface area (Å²) in [5, 5.41) is 3.44. The van der Waals surface area contributed by atoms with Crippen LogP contribution >= 0.6 is 0 Å². The fourth-order valence-electron chi connectivity index (χ4n) is 6.24. The van der Waals surface area contributed by atoms with Gasteiger partial charge in [0.1, 0.15) is 6.23 Å². The van der Waals surface area contributed by atoms with E-state index in [2.05, 4.69) is 24.1 Å². The maximum absolute atomic E-state index is 6.67. The molecule has 6 heteroatoms. The van der Waals surface area contributed by atoms with Gasteiger partial charge in [-0.1, -0.05) is 13.8 Å². The summed E-state index contributed by atoms with van der Waals surface area (Å²) in [4.78, 5) is 14.6. The molecule has 5 heterocycles. The lowest BCUT2D eigenvalue weighted by Crippen LogP contribution is -2.72. The van der Waals surface area contributed by atoms with Crippen molar-refractivity contribution in [1.82, 2.24) is 10.2 Å². The molecule has 6 rings (SSSR count). The molecule has 5 aliphatic heterocycles. The molecule has 142 valence electrons. The van der Waals surface area contributed by atoms with E-state index in [0.717, 1.165) is 39.0 Å². The molecule has 1 aliphatic carbocycles. The smallest absolute Gasteiger partial charge is 0.201 e. The van der Waals surface area contributed by atoms with Gasteiger partial charge < -0.3 is 14.8 Å². The van der Waals surface area contributed by atoms with Crippen molar-refractivity contribution < 1.29 is 19.2 Å². The predicted octanol–water partition coefficient (Wildman–Crippen LogP) is 2.10. The van der Waals surface area contributed by atoms with Crippen LogP contribution in [0.25, 0.3) is 0 Å².